The number of hydrogen-bond acceptors (Lipinski definition) is 7. The maximum absolute atomic E-state index is 13.1. The van der Waals surface area contributed by atoms with E-state index in [1.807, 2.05) is 13.0 Å². The summed E-state index contributed by atoms with van der Waals surface area (Å²) in [6, 6.07) is 10.0. The molecule has 0 saturated carbocycles. The van der Waals surface area contributed by atoms with Gasteiger partial charge in [0.15, 0.2) is 5.78 Å². The molecule has 1 aromatic carbocycles. The summed E-state index contributed by atoms with van der Waals surface area (Å²) >= 11 is 1.38. The summed E-state index contributed by atoms with van der Waals surface area (Å²) < 4.78 is 1.46. The predicted octanol–water partition coefficient (Wildman–Crippen LogP) is 1.94. The lowest BCUT2D eigenvalue weighted by atomic mass is 9.91. The molecule has 3 aromatic rings. The first-order valence-electron chi connectivity index (χ1n) is 9.02. The van der Waals surface area contributed by atoms with E-state index >= 15 is 0 Å². The van der Waals surface area contributed by atoms with Gasteiger partial charge in [-0.1, -0.05) is 19.1 Å². The van der Waals surface area contributed by atoms with E-state index < -0.39 is 17.5 Å². The largest absolute Gasteiger partial charge is 0.325 e. The second-order valence-electron chi connectivity index (χ2n) is 6.79. The molecule has 10 heteroatoms. The van der Waals surface area contributed by atoms with Crippen LogP contribution in [0.1, 0.15) is 34.0 Å². The number of hydrogen-bond donors (Lipinski definition) is 1. The van der Waals surface area contributed by atoms with Crippen LogP contribution in [0.4, 0.5) is 4.79 Å². The Morgan fingerprint density at radius 3 is 2.76 bits per heavy atom. The molecule has 1 aliphatic rings. The Morgan fingerprint density at radius 1 is 1.24 bits per heavy atom. The summed E-state index contributed by atoms with van der Waals surface area (Å²) in [7, 11) is 0. The molecule has 0 bridgehead atoms. The average Bonchev–Trinajstić information content (AvgIpc) is 3.46. The van der Waals surface area contributed by atoms with Crippen molar-refractivity contribution in [2.24, 2.45) is 0 Å². The molecular weight excluding hydrogens is 392 g/mol. The van der Waals surface area contributed by atoms with Gasteiger partial charge in [0, 0.05) is 4.88 Å². The Bertz CT molecular complexity index is 1090. The molecule has 9 nitrogen and oxygen atoms in total. The van der Waals surface area contributed by atoms with Gasteiger partial charge in [-0.2, -0.15) is 0 Å². The number of Topliss-reactive ketones (excluding diaryl/α,β-unsaturated/α-hetero) is 1. The number of nitrogens with zero attached hydrogens (tertiary/aromatic N) is 5. The van der Waals surface area contributed by atoms with Crippen molar-refractivity contribution in [1.82, 2.24) is 30.4 Å². The SMILES string of the molecule is CCc1ccc(C(=O)CN2C(=O)N[C@@](C)(c3cccc(-n4cnnn4)c3)C2=O)s1. The molecular formula is C19H18N6O3S. The van der Waals surface area contributed by atoms with Gasteiger partial charge in [-0.3, -0.25) is 14.5 Å². The monoisotopic (exact) mass is 410 g/mol. The molecule has 1 atom stereocenters. The fraction of sp³-hybridized carbons (Fsp3) is 0.263. The van der Waals surface area contributed by atoms with Gasteiger partial charge >= 0.3 is 6.03 Å². The second-order valence-corrected chi connectivity index (χ2v) is 7.96. The Labute approximate surface area is 170 Å². The van der Waals surface area contributed by atoms with E-state index in [-0.39, 0.29) is 12.3 Å². The number of amides is 3. The number of imide groups is 1. The van der Waals surface area contributed by atoms with Crippen molar-refractivity contribution in [3.05, 3.63) is 58.0 Å². The van der Waals surface area contributed by atoms with Crippen molar-refractivity contribution in [2.45, 2.75) is 25.8 Å². The van der Waals surface area contributed by atoms with Crippen LogP contribution >= 0.6 is 11.3 Å². The Morgan fingerprint density at radius 2 is 2.07 bits per heavy atom. The van der Waals surface area contributed by atoms with Gasteiger partial charge in [-0.25, -0.2) is 9.48 Å². The van der Waals surface area contributed by atoms with Crippen LogP contribution in [-0.4, -0.2) is 49.4 Å². The molecule has 3 heterocycles. The lowest BCUT2D eigenvalue weighted by Crippen LogP contribution is -2.41. The Hall–Kier alpha value is -3.40. The smallest absolute Gasteiger partial charge is 0.319 e. The summed E-state index contributed by atoms with van der Waals surface area (Å²) in [5.41, 5.74) is -0.0648. The molecule has 0 radical (unpaired) electrons. The van der Waals surface area contributed by atoms with Crippen LogP contribution in [0.15, 0.2) is 42.7 Å². The van der Waals surface area contributed by atoms with E-state index in [4.69, 9.17) is 0 Å². The first kappa shape index (κ1) is 18.9. The third-order valence-corrected chi connectivity index (χ3v) is 6.17. The molecule has 4 rings (SSSR count). The maximum atomic E-state index is 13.1. The van der Waals surface area contributed by atoms with Gasteiger partial charge in [0.1, 0.15) is 11.9 Å². The lowest BCUT2D eigenvalue weighted by Gasteiger charge is -2.22. The average molecular weight is 410 g/mol. The van der Waals surface area contributed by atoms with E-state index in [9.17, 15) is 14.4 Å². The van der Waals surface area contributed by atoms with Crippen LogP contribution < -0.4 is 5.32 Å². The van der Waals surface area contributed by atoms with Crippen LogP contribution in [0, 0.1) is 0 Å². The van der Waals surface area contributed by atoms with Crippen molar-refractivity contribution < 1.29 is 14.4 Å². The topological polar surface area (TPSA) is 110 Å². The highest BCUT2D eigenvalue weighted by atomic mass is 32.1. The molecule has 0 aliphatic carbocycles. The van der Waals surface area contributed by atoms with E-state index in [0.717, 1.165) is 16.2 Å². The molecule has 1 saturated heterocycles. The van der Waals surface area contributed by atoms with Crippen molar-refractivity contribution in [3.8, 4) is 5.69 Å². The summed E-state index contributed by atoms with van der Waals surface area (Å²) in [6.45, 7) is 3.33. The second kappa shape index (κ2) is 7.21. The normalized spacial score (nSPS) is 18.9. The number of urea groups is 1. The fourth-order valence-electron chi connectivity index (χ4n) is 3.21. The number of carbonyl (C=O) groups excluding carboxylic acids is 3. The van der Waals surface area contributed by atoms with E-state index in [1.54, 1.807) is 37.3 Å². The van der Waals surface area contributed by atoms with Gasteiger partial charge in [0.2, 0.25) is 0 Å². The maximum Gasteiger partial charge on any atom is 0.325 e. The van der Waals surface area contributed by atoms with Crippen molar-refractivity contribution >= 4 is 29.1 Å². The summed E-state index contributed by atoms with van der Waals surface area (Å²) in [6.07, 6.45) is 2.27. The van der Waals surface area contributed by atoms with Crippen molar-refractivity contribution in [2.75, 3.05) is 6.54 Å². The van der Waals surface area contributed by atoms with Gasteiger partial charge in [-0.15, -0.1) is 16.4 Å². The Balaban J connectivity index is 1.58. The quantitative estimate of drug-likeness (QED) is 0.491. The minimum Gasteiger partial charge on any atom is -0.319 e. The third kappa shape index (κ3) is 3.31. The number of aryl methyl sites for hydroxylation is 1. The highest BCUT2D eigenvalue weighted by molar-refractivity contribution is 7.14. The number of ketones is 1. The summed E-state index contributed by atoms with van der Waals surface area (Å²) in [5, 5.41) is 13.8. The van der Waals surface area contributed by atoms with E-state index in [2.05, 4.69) is 20.8 Å². The minimum absolute atomic E-state index is 0.259. The van der Waals surface area contributed by atoms with Gasteiger partial charge < -0.3 is 5.32 Å². The number of rotatable bonds is 6. The van der Waals surface area contributed by atoms with Gasteiger partial charge in [0.25, 0.3) is 5.91 Å². The molecule has 0 unspecified atom stereocenters. The first-order valence-corrected chi connectivity index (χ1v) is 9.84. The van der Waals surface area contributed by atoms with E-state index in [1.165, 1.54) is 22.3 Å². The zero-order valence-electron chi connectivity index (χ0n) is 15.8. The molecule has 0 spiro atoms. The van der Waals surface area contributed by atoms with Gasteiger partial charge in [0.05, 0.1) is 17.1 Å². The molecule has 1 fully saturated rings. The molecule has 1 aliphatic heterocycles. The predicted molar refractivity (Wildman–Crippen MR) is 105 cm³/mol. The zero-order valence-corrected chi connectivity index (χ0v) is 16.6. The highest BCUT2D eigenvalue weighted by Gasteiger charge is 2.49. The van der Waals surface area contributed by atoms with Crippen LogP contribution in [0.2, 0.25) is 0 Å². The molecule has 2 aromatic heterocycles. The number of tetrazole rings is 1. The van der Waals surface area contributed by atoms with Crippen molar-refractivity contribution in [1.29, 1.82) is 0 Å². The van der Waals surface area contributed by atoms with Crippen molar-refractivity contribution in [3.63, 3.8) is 0 Å². The number of thiophene rings is 1. The summed E-state index contributed by atoms with van der Waals surface area (Å²) in [5.74, 6) is -0.734. The molecule has 29 heavy (non-hydrogen) atoms. The number of carbonyl (C=O) groups is 3. The molecule has 148 valence electrons. The van der Waals surface area contributed by atoms with Crippen LogP contribution in [0.5, 0.6) is 0 Å². The number of benzene rings is 1. The minimum atomic E-state index is -1.29. The third-order valence-electron chi connectivity index (χ3n) is 4.90. The Kier molecular flexibility index (Phi) is 4.71. The first-order chi connectivity index (χ1) is 13.9. The molecule has 3 amide bonds. The lowest BCUT2D eigenvalue weighted by molar-refractivity contribution is -0.130. The molecule has 1 N–H and O–H groups in total. The van der Waals surface area contributed by atoms with Crippen LogP contribution in [-0.2, 0) is 16.8 Å². The van der Waals surface area contributed by atoms with E-state index in [0.29, 0.717) is 16.1 Å². The number of nitrogens with one attached hydrogen (secondary N) is 1. The fourth-order valence-corrected chi connectivity index (χ4v) is 4.09. The van der Waals surface area contributed by atoms with Crippen LogP contribution in [0.25, 0.3) is 5.69 Å². The summed E-state index contributed by atoms with van der Waals surface area (Å²) in [4.78, 5) is 40.8. The zero-order chi connectivity index (χ0) is 20.6. The van der Waals surface area contributed by atoms with Crippen LogP contribution in [0.3, 0.4) is 0 Å². The van der Waals surface area contributed by atoms with Gasteiger partial charge in [-0.05, 0) is 53.6 Å². The highest BCUT2D eigenvalue weighted by Crippen LogP contribution is 2.30. The number of aromatic nitrogens is 4. The standard InChI is InChI=1S/C19H18N6O3S/c1-3-14-7-8-16(29-14)15(26)10-24-17(27)19(2,21-18(24)28)12-5-4-6-13(9-12)25-11-20-22-23-25/h4-9,11H,3,10H2,1-2H3,(H,21,28)/t19-/m0/s1.